The molecule has 0 saturated carbocycles. The molecule has 1 atom stereocenters. The van der Waals surface area contributed by atoms with Crippen molar-refractivity contribution in [3.63, 3.8) is 0 Å². The second-order valence-corrected chi connectivity index (χ2v) is 3.07. The van der Waals surface area contributed by atoms with Gasteiger partial charge >= 0.3 is 0 Å². The Hall–Kier alpha value is -0.450. The van der Waals surface area contributed by atoms with Crippen LogP contribution in [0.3, 0.4) is 0 Å². The maximum atomic E-state index is 11.4. The van der Waals surface area contributed by atoms with Gasteiger partial charge in [-0.25, -0.2) is 0 Å². The van der Waals surface area contributed by atoms with Crippen molar-refractivity contribution in [1.82, 2.24) is 0 Å². The third kappa shape index (κ3) is 3.85. The summed E-state index contributed by atoms with van der Waals surface area (Å²) >= 11 is 0. The Morgan fingerprint density at radius 3 is 3.00 bits per heavy atom. The Morgan fingerprint density at radius 2 is 2.38 bits per heavy atom. The summed E-state index contributed by atoms with van der Waals surface area (Å²) in [6.45, 7) is 2.47. The molecular formula is C9H16O4. The predicted octanol–water partition coefficient (Wildman–Crippen LogP) is 0.255. The van der Waals surface area contributed by atoms with Crippen molar-refractivity contribution in [1.29, 1.82) is 0 Å². The van der Waals surface area contributed by atoms with Crippen molar-refractivity contribution >= 4 is 5.78 Å². The average molecular weight is 188 g/mol. The van der Waals surface area contributed by atoms with Crippen LogP contribution in [0.15, 0.2) is 0 Å². The first-order valence-corrected chi connectivity index (χ1v) is 4.51. The fourth-order valence-corrected chi connectivity index (χ4v) is 1.22. The van der Waals surface area contributed by atoms with Crippen LogP contribution in [0.4, 0.5) is 0 Å². The van der Waals surface area contributed by atoms with Gasteiger partial charge in [-0.05, 0) is 6.42 Å². The Morgan fingerprint density at radius 1 is 1.54 bits per heavy atom. The Labute approximate surface area is 78.2 Å². The molecule has 0 N–H and O–H groups in total. The van der Waals surface area contributed by atoms with Crippen molar-refractivity contribution in [2.45, 2.75) is 6.42 Å². The molecule has 1 rings (SSSR count). The number of hydrogen-bond acceptors (Lipinski definition) is 4. The van der Waals surface area contributed by atoms with Crippen LogP contribution in [-0.2, 0) is 19.0 Å². The summed E-state index contributed by atoms with van der Waals surface area (Å²) in [4.78, 5) is 11.4. The first-order chi connectivity index (χ1) is 6.34. The molecule has 1 saturated heterocycles. The van der Waals surface area contributed by atoms with Crippen LogP contribution in [0.5, 0.6) is 0 Å². The van der Waals surface area contributed by atoms with Crippen LogP contribution in [0.2, 0.25) is 0 Å². The van der Waals surface area contributed by atoms with Crippen LogP contribution < -0.4 is 0 Å². The molecule has 0 bridgehead atoms. The van der Waals surface area contributed by atoms with Crippen LogP contribution in [0.1, 0.15) is 6.42 Å². The van der Waals surface area contributed by atoms with E-state index in [-0.39, 0.29) is 18.3 Å². The minimum Gasteiger partial charge on any atom is -0.382 e. The second-order valence-electron chi connectivity index (χ2n) is 3.07. The molecule has 0 amide bonds. The summed E-state index contributed by atoms with van der Waals surface area (Å²) in [6, 6.07) is 0. The number of ketones is 1. The Balaban J connectivity index is 2.03. The highest BCUT2D eigenvalue weighted by molar-refractivity contribution is 5.82. The van der Waals surface area contributed by atoms with Gasteiger partial charge in [-0.3, -0.25) is 4.79 Å². The quantitative estimate of drug-likeness (QED) is 0.561. The van der Waals surface area contributed by atoms with E-state index in [2.05, 4.69) is 0 Å². The molecule has 0 radical (unpaired) electrons. The minimum atomic E-state index is 0.0579. The molecule has 1 fully saturated rings. The van der Waals surface area contributed by atoms with Gasteiger partial charge in [0, 0.05) is 19.6 Å². The van der Waals surface area contributed by atoms with E-state index >= 15 is 0 Å². The number of rotatable bonds is 6. The Bertz CT molecular complexity index is 152. The maximum absolute atomic E-state index is 11.4. The number of Topliss-reactive ketones (excluding diaryl/α,β-unsaturated/α-hetero) is 1. The van der Waals surface area contributed by atoms with Crippen LogP contribution in [0.25, 0.3) is 0 Å². The number of methoxy groups -OCH3 is 1. The van der Waals surface area contributed by atoms with Gasteiger partial charge in [0.25, 0.3) is 0 Å². The van der Waals surface area contributed by atoms with Gasteiger partial charge in [-0.2, -0.15) is 0 Å². The molecule has 1 unspecified atom stereocenters. The van der Waals surface area contributed by atoms with Gasteiger partial charge in [0.15, 0.2) is 5.78 Å². The van der Waals surface area contributed by atoms with E-state index in [0.717, 1.165) is 6.42 Å². The normalized spacial score (nSPS) is 22.1. The lowest BCUT2D eigenvalue weighted by Gasteiger charge is -2.06. The number of hydrogen-bond donors (Lipinski definition) is 0. The summed E-state index contributed by atoms with van der Waals surface area (Å²) in [5.41, 5.74) is 0. The molecule has 4 nitrogen and oxygen atoms in total. The summed E-state index contributed by atoms with van der Waals surface area (Å²) in [5, 5.41) is 0. The second kappa shape index (κ2) is 6.07. The van der Waals surface area contributed by atoms with Crippen LogP contribution >= 0.6 is 0 Å². The van der Waals surface area contributed by atoms with E-state index in [9.17, 15) is 4.79 Å². The number of carbonyl (C=O) groups excluding carboxylic acids is 1. The number of carbonyl (C=O) groups is 1. The monoisotopic (exact) mass is 188 g/mol. The molecule has 0 spiro atoms. The van der Waals surface area contributed by atoms with E-state index in [1.165, 1.54) is 0 Å². The third-order valence-corrected chi connectivity index (χ3v) is 2.06. The largest absolute Gasteiger partial charge is 0.382 e. The minimum absolute atomic E-state index is 0.0579. The lowest BCUT2D eigenvalue weighted by atomic mass is 10.0. The Kier molecular flexibility index (Phi) is 4.97. The topological polar surface area (TPSA) is 44.8 Å². The highest BCUT2D eigenvalue weighted by Crippen LogP contribution is 2.13. The van der Waals surface area contributed by atoms with Gasteiger partial charge in [-0.1, -0.05) is 0 Å². The fourth-order valence-electron chi connectivity index (χ4n) is 1.22. The smallest absolute Gasteiger partial charge is 0.163 e. The molecule has 1 aliphatic rings. The summed E-state index contributed by atoms with van der Waals surface area (Å²) < 4.78 is 15.0. The zero-order chi connectivity index (χ0) is 9.52. The highest BCUT2D eigenvalue weighted by atomic mass is 16.5. The summed E-state index contributed by atoms with van der Waals surface area (Å²) in [6.07, 6.45) is 0.840. The van der Waals surface area contributed by atoms with Crippen LogP contribution in [0, 0.1) is 5.92 Å². The van der Waals surface area contributed by atoms with E-state index in [4.69, 9.17) is 14.2 Å². The van der Waals surface area contributed by atoms with Crippen molar-refractivity contribution in [3.05, 3.63) is 0 Å². The SMILES string of the molecule is COCCOCC(=O)C1CCOC1. The lowest BCUT2D eigenvalue weighted by molar-refractivity contribution is -0.127. The van der Waals surface area contributed by atoms with Crippen molar-refractivity contribution < 1.29 is 19.0 Å². The van der Waals surface area contributed by atoms with Gasteiger partial charge < -0.3 is 14.2 Å². The summed E-state index contributed by atoms with van der Waals surface area (Å²) in [7, 11) is 1.61. The molecule has 0 aliphatic carbocycles. The van der Waals surface area contributed by atoms with Crippen molar-refractivity contribution in [3.8, 4) is 0 Å². The lowest BCUT2D eigenvalue weighted by Crippen LogP contribution is -2.21. The van der Waals surface area contributed by atoms with Gasteiger partial charge in [0.05, 0.1) is 19.8 Å². The predicted molar refractivity (Wildman–Crippen MR) is 46.6 cm³/mol. The van der Waals surface area contributed by atoms with E-state index < -0.39 is 0 Å². The van der Waals surface area contributed by atoms with E-state index in [0.29, 0.717) is 26.4 Å². The molecule has 13 heavy (non-hydrogen) atoms. The molecule has 76 valence electrons. The van der Waals surface area contributed by atoms with Gasteiger partial charge in [0.1, 0.15) is 6.61 Å². The fraction of sp³-hybridized carbons (Fsp3) is 0.889. The van der Waals surface area contributed by atoms with Crippen molar-refractivity contribution in [2.75, 3.05) is 40.1 Å². The number of ether oxygens (including phenoxy) is 3. The molecule has 0 aromatic carbocycles. The van der Waals surface area contributed by atoms with Crippen LogP contribution in [-0.4, -0.2) is 45.9 Å². The van der Waals surface area contributed by atoms with E-state index in [1.54, 1.807) is 7.11 Å². The zero-order valence-electron chi connectivity index (χ0n) is 7.95. The van der Waals surface area contributed by atoms with Gasteiger partial charge in [0.2, 0.25) is 0 Å². The van der Waals surface area contributed by atoms with E-state index in [1.807, 2.05) is 0 Å². The standard InChI is InChI=1S/C9H16O4/c1-11-4-5-13-7-9(10)8-2-3-12-6-8/h8H,2-7H2,1H3. The molecular weight excluding hydrogens is 172 g/mol. The van der Waals surface area contributed by atoms with Crippen molar-refractivity contribution in [2.24, 2.45) is 5.92 Å². The first-order valence-electron chi connectivity index (χ1n) is 4.51. The first kappa shape index (κ1) is 10.6. The molecule has 0 aromatic heterocycles. The zero-order valence-corrected chi connectivity index (χ0v) is 7.95. The molecule has 1 aliphatic heterocycles. The third-order valence-electron chi connectivity index (χ3n) is 2.06. The molecule has 4 heteroatoms. The highest BCUT2D eigenvalue weighted by Gasteiger charge is 2.22. The average Bonchev–Trinajstić information content (AvgIpc) is 2.65. The van der Waals surface area contributed by atoms with Gasteiger partial charge in [-0.15, -0.1) is 0 Å². The summed E-state index contributed by atoms with van der Waals surface area (Å²) in [5.74, 6) is 0.205. The maximum Gasteiger partial charge on any atom is 0.163 e. The molecule has 0 aromatic rings. The molecule has 1 heterocycles.